The number of nitrogens with zero attached hydrogens (tertiary/aromatic N) is 3. The van der Waals surface area contributed by atoms with Crippen LogP contribution in [0.1, 0.15) is 18.4 Å². The summed E-state index contributed by atoms with van der Waals surface area (Å²) in [6.07, 6.45) is 6.01. The highest BCUT2D eigenvalue weighted by Crippen LogP contribution is 2.40. The van der Waals surface area contributed by atoms with Gasteiger partial charge in [-0.05, 0) is 43.8 Å². The first kappa shape index (κ1) is 12.7. The molecular weight excluding hydrogens is 262 g/mol. The predicted molar refractivity (Wildman–Crippen MR) is 82.1 cm³/mol. The molecule has 4 rings (SSSR count). The molecule has 2 unspecified atom stereocenters. The van der Waals surface area contributed by atoms with E-state index in [9.17, 15) is 5.26 Å². The number of H-pyrrole nitrogens is 1. The van der Waals surface area contributed by atoms with E-state index in [1.807, 2.05) is 12.3 Å². The largest absolute Gasteiger partial charge is 0.370 e. The van der Waals surface area contributed by atoms with E-state index in [4.69, 9.17) is 0 Å². The van der Waals surface area contributed by atoms with E-state index >= 15 is 0 Å². The summed E-state index contributed by atoms with van der Waals surface area (Å²) >= 11 is 0. The molecule has 0 bridgehead atoms. The van der Waals surface area contributed by atoms with Gasteiger partial charge in [0.05, 0.1) is 11.3 Å². The highest BCUT2D eigenvalue weighted by atomic mass is 15.2. The molecule has 108 valence electrons. The van der Waals surface area contributed by atoms with Gasteiger partial charge in [0.2, 0.25) is 0 Å². The molecule has 1 saturated carbocycles. The standard InChI is InChI=1S/C16H19N5/c1-21(13-4-10-7-18-8-11(10)5-13)15-12(6-17)9-20-16-14(15)2-3-19-16/h2-3,9-11,13,18H,4-5,7-8H2,1H3,(H,19,20). The monoisotopic (exact) mass is 281 g/mol. The molecule has 1 aliphatic carbocycles. The Morgan fingerprint density at radius 3 is 2.81 bits per heavy atom. The predicted octanol–water partition coefficient (Wildman–Crippen LogP) is 1.87. The second-order valence-corrected chi connectivity index (χ2v) is 6.29. The van der Waals surface area contributed by atoms with Crippen LogP contribution in [0.15, 0.2) is 18.5 Å². The van der Waals surface area contributed by atoms with E-state index in [2.05, 4.69) is 33.3 Å². The van der Waals surface area contributed by atoms with Crippen LogP contribution in [0.5, 0.6) is 0 Å². The molecule has 1 aliphatic heterocycles. The van der Waals surface area contributed by atoms with Gasteiger partial charge in [-0.25, -0.2) is 4.98 Å². The Bertz CT molecular complexity index is 701. The number of hydrogen-bond donors (Lipinski definition) is 2. The van der Waals surface area contributed by atoms with Crippen molar-refractivity contribution in [2.24, 2.45) is 11.8 Å². The zero-order valence-electron chi connectivity index (χ0n) is 12.1. The summed E-state index contributed by atoms with van der Waals surface area (Å²) in [4.78, 5) is 9.78. The molecule has 2 fully saturated rings. The zero-order chi connectivity index (χ0) is 14.4. The fraction of sp³-hybridized carbons (Fsp3) is 0.500. The van der Waals surface area contributed by atoms with Crippen molar-refractivity contribution >= 4 is 16.7 Å². The normalized spacial score (nSPS) is 27.7. The lowest BCUT2D eigenvalue weighted by Gasteiger charge is -2.28. The van der Waals surface area contributed by atoms with Crippen molar-refractivity contribution in [1.82, 2.24) is 15.3 Å². The number of nitrogens with one attached hydrogen (secondary N) is 2. The SMILES string of the molecule is CN(c1c(C#N)cnc2[nH]ccc12)C1CC2CNCC2C1. The van der Waals surface area contributed by atoms with Crippen LogP contribution in [0.4, 0.5) is 5.69 Å². The molecule has 1 saturated heterocycles. The first-order valence-corrected chi connectivity index (χ1v) is 7.57. The molecule has 21 heavy (non-hydrogen) atoms. The van der Waals surface area contributed by atoms with Gasteiger partial charge in [0.15, 0.2) is 0 Å². The Morgan fingerprint density at radius 2 is 2.10 bits per heavy atom. The Hall–Kier alpha value is -2.06. The second kappa shape index (κ2) is 4.74. The minimum absolute atomic E-state index is 0.523. The highest BCUT2D eigenvalue weighted by molar-refractivity contribution is 5.93. The van der Waals surface area contributed by atoms with Gasteiger partial charge >= 0.3 is 0 Å². The van der Waals surface area contributed by atoms with Gasteiger partial charge < -0.3 is 15.2 Å². The molecule has 0 radical (unpaired) electrons. The van der Waals surface area contributed by atoms with Crippen LogP contribution in [-0.2, 0) is 0 Å². The van der Waals surface area contributed by atoms with Crippen molar-refractivity contribution in [2.45, 2.75) is 18.9 Å². The number of hydrogen-bond acceptors (Lipinski definition) is 4. The average Bonchev–Trinajstić information content (AvgIpc) is 3.19. The minimum atomic E-state index is 0.523. The van der Waals surface area contributed by atoms with Gasteiger partial charge in [-0.2, -0.15) is 5.26 Å². The summed E-state index contributed by atoms with van der Waals surface area (Å²) in [5, 5.41) is 14.0. The number of anilines is 1. The fourth-order valence-corrected chi connectivity index (χ4v) is 4.09. The summed E-state index contributed by atoms with van der Waals surface area (Å²) in [5.41, 5.74) is 2.55. The molecule has 5 nitrogen and oxygen atoms in total. The molecule has 2 aromatic heterocycles. The lowest BCUT2D eigenvalue weighted by atomic mass is 10.0. The zero-order valence-corrected chi connectivity index (χ0v) is 12.1. The summed E-state index contributed by atoms with van der Waals surface area (Å²) in [6.45, 7) is 2.30. The van der Waals surface area contributed by atoms with Gasteiger partial charge in [0.25, 0.3) is 0 Å². The van der Waals surface area contributed by atoms with E-state index in [-0.39, 0.29) is 0 Å². The fourth-order valence-electron chi connectivity index (χ4n) is 4.09. The molecule has 2 aromatic rings. The summed E-state index contributed by atoms with van der Waals surface area (Å²) in [5.74, 6) is 1.60. The molecule has 2 N–H and O–H groups in total. The number of pyridine rings is 1. The Morgan fingerprint density at radius 1 is 1.33 bits per heavy atom. The van der Waals surface area contributed by atoms with Crippen LogP contribution < -0.4 is 10.2 Å². The van der Waals surface area contributed by atoms with Gasteiger partial charge in [-0.15, -0.1) is 0 Å². The Labute approximate surface area is 124 Å². The van der Waals surface area contributed by atoms with E-state index in [0.717, 1.165) is 41.6 Å². The smallest absolute Gasteiger partial charge is 0.139 e. The quantitative estimate of drug-likeness (QED) is 0.882. The number of aromatic amines is 1. The maximum absolute atomic E-state index is 9.43. The molecular formula is C16H19N5. The van der Waals surface area contributed by atoms with Crippen molar-refractivity contribution in [1.29, 1.82) is 5.26 Å². The lowest BCUT2D eigenvalue weighted by molar-refractivity contribution is 0.494. The van der Waals surface area contributed by atoms with Crippen molar-refractivity contribution in [2.75, 3.05) is 25.0 Å². The van der Waals surface area contributed by atoms with Crippen LogP contribution >= 0.6 is 0 Å². The third-order valence-electron chi connectivity index (χ3n) is 5.21. The number of nitriles is 1. The van der Waals surface area contributed by atoms with Gasteiger partial charge in [0.1, 0.15) is 11.7 Å². The van der Waals surface area contributed by atoms with E-state index in [1.54, 1.807) is 6.20 Å². The highest BCUT2D eigenvalue weighted by Gasteiger charge is 2.39. The van der Waals surface area contributed by atoms with Gasteiger partial charge in [-0.3, -0.25) is 0 Å². The van der Waals surface area contributed by atoms with E-state index < -0.39 is 0 Å². The first-order chi connectivity index (χ1) is 10.3. The number of rotatable bonds is 2. The molecule has 0 amide bonds. The van der Waals surface area contributed by atoms with Crippen molar-refractivity contribution in [3.63, 3.8) is 0 Å². The molecule has 2 atom stereocenters. The summed E-state index contributed by atoms with van der Waals surface area (Å²) < 4.78 is 0. The van der Waals surface area contributed by atoms with E-state index in [1.165, 1.54) is 12.8 Å². The summed E-state index contributed by atoms with van der Waals surface area (Å²) in [7, 11) is 2.13. The van der Waals surface area contributed by atoms with Gasteiger partial charge in [0, 0.05) is 30.9 Å². The Balaban J connectivity index is 1.72. The van der Waals surface area contributed by atoms with Gasteiger partial charge in [-0.1, -0.05) is 0 Å². The molecule has 5 heteroatoms. The lowest BCUT2D eigenvalue weighted by Crippen LogP contribution is -2.31. The van der Waals surface area contributed by atoms with E-state index in [0.29, 0.717) is 11.6 Å². The van der Waals surface area contributed by atoms with Crippen molar-refractivity contribution in [3.05, 3.63) is 24.0 Å². The van der Waals surface area contributed by atoms with Crippen LogP contribution in [0.25, 0.3) is 11.0 Å². The minimum Gasteiger partial charge on any atom is -0.370 e. The van der Waals surface area contributed by atoms with Crippen molar-refractivity contribution < 1.29 is 0 Å². The maximum Gasteiger partial charge on any atom is 0.139 e. The van der Waals surface area contributed by atoms with Crippen LogP contribution in [0, 0.1) is 23.2 Å². The number of fused-ring (bicyclic) bond motifs is 2. The third kappa shape index (κ3) is 1.90. The maximum atomic E-state index is 9.43. The number of aromatic nitrogens is 2. The first-order valence-electron chi connectivity index (χ1n) is 7.57. The molecule has 0 spiro atoms. The van der Waals surface area contributed by atoms with Crippen LogP contribution in [0.3, 0.4) is 0 Å². The van der Waals surface area contributed by atoms with Crippen LogP contribution in [-0.4, -0.2) is 36.1 Å². The molecule has 2 aliphatic rings. The third-order valence-corrected chi connectivity index (χ3v) is 5.21. The second-order valence-electron chi connectivity index (χ2n) is 6.29. The average molecular weight is 281 g/mol. The molecule has 3 heterocycles. The van der Waals surface area contributed by atoms with Crippen LogP contribution in [0.2, 0.25) is 0 Å². The Kier molecular flexibility index (Phi) is 2.86. The summed E-state index contributed by atoms with van der Waals surface area (Å²) in [6, 6.07) is 4.84. The molecule has 0 aromatic carbocycles. The topological polar surface area (TPSA) is 67.7 Å². The van der Waals surface area contributed by atoms with Crippen molar-refractivity contribution in [3.8, 4) is 6.07 Å².